The van der Waals surface area contributed by atoms with E-state index in [0.29, 0.717) is 29.5 Å². The molecule has 4 rings (SSSR count). The Balaban J connectivity index is 1.73. The number of nitro benzene ring substituents is 1. The van der Waals surface area contributed by atoms with Crippen molar-refractivity contribution < 1.29 is 9.66 Å². The number of nitrogens with one attached hydrogen (secondary N) is 2. The molecule has 2 heterocycles. The number of benzene rings is 2. The Kier molecular flexibility index (Phi) is 7.20. The van der Waals surface area contributed by atoms with Gasteiger partial charge in [-0.2, -0.15) is 4.98 Å². The first-order chi connectivity index (χ1) is 17.3. The smallest absolute Gasteiger partial charge is 0.294 e. The minimum Gasteiger partial charge on any atom is -0.494 e. The molecule has 0 aliphatic carbocycles. The quantitative estimate of drug-likeness (QED) is 0.250. The van der Waals surface area contributed by atoms with E-state index in [1.54, 1.807) is 19.3 Å². The Bertz CT molecular complexity index is 1390. The summed E-state index contributed by atoms with van der Waals surface area (Å²) < 4.78 is 7.55. The van der Waals surface area contributed by atoms with Crippen LogP contribution in [0.2, 0.25) is 0 Å². The van der Waals surface area contributed by atoms with Crippen LogP contribution in [0.15, 0.2) is 54.9 Å². The number of rotatable bonds is 10. The lowest BCUT2D eigenvalue weighted by Gasteiger charge is -2.23. The third-order valence-corrected chi connectivity index (χ3v) is 5.90. The van der Waals surface area contributed by atoms with Crippen molar-refractivity contribution in [1.82, 2.24) is 19.4 Å². The molecule has 0 spiro atoms. The Labute approximate surface area is 209 Å². The highest BCUT2D eigenvalue weighted by Crippen LogP contribution is 2.39. The standard InChI is InChI=1S/C25H30N8O3/c1-26-19-16-27-25(29-24(19)32-11-10-17-8-6-7-9-20(17)32)28-18-14-22(33(34)35)21(15-23(18)36-5)31(4)13-12-30(2)3/h6-11,14-16,26H,12-13H2,1-5H3,(H,27,28,29). The van der Waals surface area contributed by atoms with Crippen LogP contribution >= 0.6 is 0 Å². The molecule has 0 saturated heterocycles. The van der Waals surface area contributed by atoms with E-state index in [1.165, 1.54) is 13.2 Å². The first kappa shape index (κ1) is 24.7. The van der Waals surface area contributed by atoms with Gasteiger partial charge in [0.1, 0.15) is 11.4 Å². The number of hydrogen-bond donors (Lipinski definition) is 2. The van der Waals surface area contributed by atoms with Crippen molar-refractivity contribution in [3.63, 3.8) is 0 Å². The number of ether oxygens (including phenoxy) is 1. The summed E-state index contributed by atoms with van der Waals surface area (Å²) in [6.07, 6.45) is 3.62. The normalized spacial score (nSPS) is 11.1. The number of anilines is 4. The van der Waals surface area contributed by atoms with E-state index in [1.807, 2.05) is 72.0 Å². The second kappa shape index (κ2) is 10.5. The summed E-state index contributed by atoms with van der Waals surface area (Å²) in [5.41, 5.74) is 2.56. The van der Waals surface area contributed by atoms with Gasteiger partial charge in [0.05, 0.1) is 35.1 Å². The molecule has 0 radical (unpaired) electrons. The van der Waals surface area contributed by atoms with Crippen LogP contribution in [0.25, 0.3) is 16.7 Å². The van der Waals surface area contributed by atoms with E-state index < -0.39 is 4.92 Å². The van der Waals surface area contributed by atoms with Crippen LogP contribution in [-0.2, 0) is 0 Å². The van der Waals surface area contributed by atoms with E-state index in [4.69, 9.17) is 9.72 Å². The lowest BCUT2D eigenvalue weighted by Crippen LogP contribution is -2.29. The highest BCUT2D eigenvalue weighted by atomic mass is 16.6. The third kappa shape index (κ3) is 5.01. The van der Waals surface area contributed by atoms with Crippen molar-refractivity contribution in [2.24, 2.45) is 0 Å². The molecule has 4 aromatic rings. The van der Waals surface area contributed by atoms with E-state index in [-0.39, 0.29) is 11.6 Å². The van der Waals surface area contributed by atoms with Gasteiger partial charge in [-0.25, -0.2) is 4.98 Å². The number of methoxy groups -OCH3 is 1. The summed E-state index contributed by atoms with van der Waals surface area (Å²) in [5.74, 6) is 1.37. The van der Waals surface area contributed by atoms with Crippen molar-refractivity contribution in [1.29, 1.82) is 0 Å². The van der Waals surface area contributed by atoms with Gasteiger partial charge in [-0.05, 0) is 31.6 Å². The molecule has 36 heavy (non-hydrogen) atoms. The van der Waals surface area contributed by atoms with Gasteiger partial charge >= 0.3 is 0 Å². The fraction of sp³-hybridized carbons (Fsp3) is 0.280. The monoisotopic (exact) mass is 490 g/mol. The molecule has 188 valence electrons. The van der Waals surface area contributed by atoms with E-state index in [0.717, 1.165) is 23.1 Å². The summed E-state index contributed by atoms with van der Waals surface area (Å²) in [4.78, 5) is 24.6. The number of nitro groups is 1. The van der Waals surface area contributed by atoms with Gasteiger partial charge in [-0.15, -0.1) is 0 Å². The fourth-order valence-corrected chi connectivity index (χ4v) is 3.93. The number of fused-ring (bicyclic) bond motifs is 1. The molecule has 0 atom stereocenters. The van der Waals surface area contributed by atoms with Crippen LogP contribution < -0.4 is 20.3 Å². The third-order valence-electron chi connectivity index (χ3n) is 5.90. The molecule has 0 unspecified atom stereocenters. The largest absolute Gasteiger partial charge is 0.494 e. The van der Waals surface area contributed by atoms with Gasteiger partial charge in [-0.3, -0.25) is 14.7 Å². The molecule has 2 aromatic carbocycles. The summed E-state index contributed by atoms with van der Waals surface area (Å²) in [7, 11) is 9.07. The van der Waals surface area contributed by atoms with Crippen LogP contribution in [-0.4, -0.2) is 72.7 Å². The molecule has 0 bridgehead atoms. The first-order valence-corrected chi connectivity index (χ1v) is 11.4. The zero-order valence-corrected chi connectivity index (χ0v) is 21.0. The maximum absolute atomic E-state index is 11.9. The molecule has 11 nitrogen and oxygen atoms in total. The first-order valence-electron chi connectivity index (χ1n) is 11.4. The van der Waals surface area contributed by atoms with E-state index in [2.05, 4.69) is 15.6 Å². The van der Waals surface area contributed by atoms with Crippen LogP contribution in [0.3, 0.4) is 0 Å². The molecule has 0 saturated carbocycles. The maximum Gasteiger partial charge on any atom is 0.294 e. The van der Waals surface area contributed by atoms with Crippen LogP contribution in [0, 0.1) is 10.1 Å². The average molecular weight is 491 g/mol. The van der Waals surface area contributed by atoms with E-state index >= 15 is 0 Å². The predicted molar refractivity (Wildman–Crippen MR) is 143 cm³/mol. The number of para-hydroxylation sites is 1. The van der Waals surface area contributed by atoms with Gasteiger partial charge in [0.25, 0.3) is 5.69 Å². The lowest BCUT2D eigenvalue weighted by molar-refractivity contribution is -0.384. The lowest BCUT2D eigenvalue weighted by atomic mass is 10.2. The Morgan fingerprint density at radius 3 is 2.58 bits per heavy atom. The zero-order valence-electron chi connectivity index (χ0n) is 21.0. The molecule has 0 aliphatic rings. The fourth-order valence-electron chi connectivity index (χ4n) is 3.93. The average Bonchev–Trinajstić information content (AvgIpc) is 3.31. The van der Waals surface area contributed by atoms with E-state index in [9.17, 15) is 10.1 Å². The number of likely N-dealkylation sites (N-methyl/N-ethyl adjacent to an activating group) is 2. The molecule has 0 aliphatic heterocycles. The van der Waals surface area contributed by atoms with Crippen LogP contribution in [0.4, 0.5) is 28.7 Å². The van der Waals surface area contributed by atoms with Crippen molar-refractivity contribution >= 4 is 39.6 Å². The zero-order chi connectivity index (χ0) is 25.8. The van der Waals surface area contributed by atoms with Gasteiger partial charge in [0.15, 0.2) is 5.82 Å². The Hall–Kier alpha value is -4.38. The molecular formula is C25H30N8O3. The molecule has 0 amide bonds. The summed E-state index contributed by atoms with van der Waals surface area (Å²) >= 11 is 0. The highest BCUT2D eigenvalue weighted by molar-refractivity contribution is 5.83. The molecule has 2 aromatic heterocycles. The summed E-state index contributed by atoms with van der Waals surface area (Å²) in [6.45, 7) is 1.37. The van der Waals surface area contributed by atoms with Gasteiger partial charge in [0.2, 0.25) is 5.95 Å². The predicted octanol–water partition coefficient (Wildman–Crippen LogP) is 4.12. The van der Waals surface area contributed by atoms with Crippen molar-refractivity contribution in [3.05, 3.63) is 65.0 Å². The maximum atomic E-state index is 11.9. The number of nitrogens with zero attached hydrogens (tertiary/aromatic N) is 6. The second-order valence-corrected chi connectivity index (χ2v) is 8.57. The van der Waals surface area contributed by atoms with Gasteiger partial charge in [0, 0.05) is 45.5 Å². The molecule has 2 N–H and O–H groups in total. The number of hydrogen-bond acceptors (Lipinski definition) is 9. The van der Waals surface area contributed by atoms with Crippen molar-refractivity contribution in [2.45, 2.75) is 0 Å². The SMILES string of the molecule is CNc1cnc(Nc2cc([N+](=O)[O-])c(N(C)CCN(C)C)cc2OC)nc1-n1ccc2ccccc21. The summed E-state index contributed by atoms with van der Waals surface area (Å²) in [6, 6.07) is 13.1. The van der Waals surface area contributed by atoms with Crippen molar-refractivity contribution in [2.75, 3.05) is 63.9 Å². The van der Waals surface area contributed by atoms with Crippen LogP contribution in [0.1, 0.15) is 0 Å². The second-order valence-electron chi connectivity index (χ2n) is 8.57. The van der Waals surface area contributed by atoms with Crippen LogP contribution in [0.5, 0.6) is 5.75 Å². The summed E-state index contributed by atoms with van der Waals surface area (Å²) in [5, 5.41) is 19.3. The molecule has 11 heteroatoms. The topological polar surface area (TPSA) is 114 Å². The molecule has 0 fully saturated rings. The Morgan fingerprint density at radius 2 is 1.89 bits per heavy atom. The van der Waals surface area contributed by atoms with Crippen molar-refractivity contribution in [3.8, 4) is 11.6 Å². The minimum atomic E-state index is -0.394. The van der Waals surface area contributed by atoms with Gasteiger partial charge in [-0.1, -0.05) is 18.2 Å². The van der Waals surface area contributed by atoms with Gasteiger partial charge < -0.3 is 25.2 Å². The minimum absolute atomic E-state index is 0.0389. The Morgan fingerprint density at radius 1 is 1.11 bits per heavy atom. The number of aromatic nitrogens is 3. The molecular weight excluding hydrogens is 460 g/mol. The highest BCUT2D eigenvalue weighted by Gasteiger charge is 2.23.